The third-order valence-corrected chi connectivity index (χ3v) is 4.06. The number of aromatic nitrogens is 1. The number of carbonyl (C=O) groups is 1. The van der Waals surface area contributed by atoms with Crippen molar-refractivity contribution in [3.05, 3.63) is 65.5 Å². The van der Waals surface area contributed by atoms with Gasteiger partial charge < -0.3 is 9.26 Å². The van der Waals surface area contributed by atoms with E-state index in [0.29, 0.717) is 17.0 Å². The molecule has 1 N–H and O–H groups in total. The van der Waals surface area contributed by atoms with Crippen molar-refractivity contribution in [3.8, 4) is 17.0 Å². The molecule has 3 aromatic rings. The van der Waals surface area contributed by atoms with Crippen LogP contribution in [0.4, 0.5) is 10.3 Å². The fourth-order valence-electron chi connectivity index (χ4n) is 2.65. The van der Waals surface area contributed by atoms with E-state index in [1.54, 1.807) is 18.2 Å². The zero-order valence-corrected chi connectivity index (χ0v) is 15.5. The van der Waals surface area contributed by atoms with Crippen LogP contribution in [0.5, 0.6) is 5.75 Å². The van der Waals surface area contributed by atoms with Gasteiger partial charge in [-0.1, -0.05) is 31.1 Å². The first-order valence-electron chi connectivity index (χ1n) is 8.68. The summed E-state index contributed by atoms with van der Waals surface area (Å²) in [5.41, 5.74) is 3.31. The van der Waals surface area contributed by atoms with Crippen molar-refractivity contribution in [1.82, 2.24) is 5.16 Å². The number of carbonyl (C=O) groups excluding carboxylic acids is 1. The van der Waals surface area contributed by atoms with Crippen LogP contribution in [-0.2, 0) is 4.79 Å². The summed E-state index contributed by atoms with van der Waals surface area (Å²) >= 11 is 0. The molecule has 0 spiro atoms. The van der Waals surface area contributed by atoms with E-state index >= 15 is 0 Å². The van der Waals surface area contributed by atoms with Gasteiger partial charge in [-0.2, -0.15) is 0 Å². The summed E-state index contributed by atoms with van der Waals surface area (Å²) in [6.07, 6.45) is 0. The van der Waals surface area contributed by atoms with Crippen LogP contribution < -0.4 is 10.1 Å². The largest absolute Gasteiger partial charge is 0.483 e. The zero-order chi connectivity index (χ0) is 19.4. The van der Waals surface area contributed by atoms with E-state index in [-0.39, 0.29) is 30.1 Å². The highest BCUT2D eigenvalue weighted by Crippen LogP contribution is 2.27. The SMILES string of the molecule is Cc1ccc(C(C)C)c(OCC(=O)Nc2cc(-c3ccc(F)cc3)no2)c1. The van der Waals surface area contributed by atoms with E-state index in [9.17, 15) is 9.18 Å². The molecule has 0 aliphatic heterocycles. The normalized spacial score (nSPS) is 10.9. The maximum Gasteiger partial charge on any atom is 0.264 e. The van der Waals surface area contributed by atoms with E-state index in [2.05, 4.69) is 24.3 Å². The molecule has 1 amide bonds. The lowest BCUT2D eigenvalue weighted by atomic mass is 10.0. The van der Waals surface area contributed by atoms with Crippen LogP contribution >= 0.6 is 0 Å². The average molecular weight is 368 g/mol. The predicted octanol–water partition coefficient (Wildman–Crippen LogP) is 4.93. The maximum atomic E-state index is 13.0. The predicted molar refractivity (Wildman–Crippen MR) is 101 cm³/mol. The lowest BCUT2D eigenvalue weighted by Gasteiger charge is -2.14. The number of amides is 1. The van der Waals surface area contributed by atoms with Gasteiger partial charge >= 0.3 is 0 Å². The van der Waals surface area contributed by atoms with Gasteiger partial charge in [-0.25, -0.2) is 4.39 Å². The van der Waals surface area contributed by atoms with E-state index in [4.69, 9.17) is 9.26 Å². The van der Waals surface area contributed by atoms with E-state index in [1.165, 1.54) is 12.1 Å². The molecular formula is C21H21FN2O3. The summed E-state index contributed by atoms with van der Waals surface area (Å²) in [6, 6.07) is 13.4. The Balaban J connectivity index is 1.62. The molecule has 6 heteroatoms. The summed E-state index contributed by atoms with van der Waals surface area (Å²) in [5, 5.41) is 6.49. The topological polar surface area (TPSA) is 64.4 Å². The lowest BCUT2D eigenvalue weighted by Crippen LogP contribution is -2.20. The van der Waals surface area contributed by atoms with Crippen molar-refractivity contribution in [2.24, 2.45) is 0 Å². The van der Waals surface area contributed by atoms with Gasteiger partial charge in [0.15, 0.2) is 6.61 Å². The molecule has 0 radical (unpaired) electrons. The highest BCUT2D eigenvalue weighted by Gasteiger charge is 2.13. The number of anilines is 1. The molecule has 0 saturated heterocycles. The Labute approximate surface area is 157 Å². The number of halogens is 1. The molecule has 1 heterocycles. The van der Waals surface area contributed by atoms with Crippen molar-refractivity contribution in [3.63, 3.8) is 0 Å². The fourth-order valence-corrected chi connectivity index (χ4v) is 2.65. The van der Waals surface area contributed by atoms with Gasteiger partial charge in [0.05, 0.1) is 0 Å². The molecule has 2 aromatic carbocycles. The van der Waals surface area contributed by atoms with Crippen molar-refractivity contribution in [1.29, 1.82) is 0 Å². The number of aryl methyl sites for hydroxylation is 1. The molecule has 140 valence electrons. The molecule has 3 rings (SSSR count). The fraction of sp³-hybridized carbons (Fsp3) is 0.238. The number of benzene rings is 2. The second kappa shape index (κ2) is 8.03. The smallest absolute Gasteiger partial charge is 0.264 e. The molecule has 0 fully saturated rings. The first-order valence-corrected chi connectivity index (χ1v) is 8.68. The van der Waals surface area contributed by atoms with Crippen molar-refractivity contribution >= 4 is 11.8 Å². The van der Waals surface area contributed by atoms with Crippen LogP contribution in [-0.4, -0.2) is 17.7 Å². The van der Waals surface area contributed by atoms with Crippen molar-refractivity contribution in [2.45, 2.75) is 26.7 Å². The number of hydrogen-bond donors (Lipinski definition) is 1. The van der Waals surface area contributed by atoms with Crippen LogP contribution in [0.15, 0.2) is 53.1 Å². The minimum Gasteiger partial charge on any atom is -0.483 e. The lowest BCUT2D eigenvalue weighted by molar-refractivity contribution is -0.118. The highest BCUT2D eigenvalue weighted by atomic mass is 19.1. The maximum absolute atomic E-state index is 13.0. The Kier molecular flexibility index (Phi) is 5.54. The average Bonchev–Trinajstić information content (AvgIpc) is 3.08. The number of hydrogen-bond acceptors (Lipinski definition) is 4. The molecule has 0 saturated carbocycles. The summed E-state index contributed by atoms with van der Waals surface area (Å²) in [6.45, 7) is 5.98. The van der Waals surface area contributed by atoms with Gasteiger partial charge in [-0.05, 0) is 54.3 Å². The molecule has 0 atom stereocenters. The van der Waals surface area contributed by atoms with Gasteiger partial charge in [-0.15, -0.1) is 0 Å². The number of nitrogens with zero attached hydrogens (tertiary/aromatic N) is 1. The van der Waals surface area contributed by atoms with E-state index in [0.717, 1.165) is 11.1 Å². The van der Waals surface area contributed by atoms with Gasteiger partial charge in [0.2, 0.25) is 5.88 Å². The Morgan fingerprint density at radius 3 is 2.63 bits per heavy atom. The van der Waals surface area contributed by atoms with Crippen LogP contribution in [0.2, 0.25) is 0 Å². The first-order chi connectivity index (χ1) is 12.9. The van der Waals surface area contributed by atoms with Gasteiger partial charge in [0.25, 0.3) is 5.91 Å². The molecular weight excluding hydrogens is 347 g/mol. The van der Waals surface area contributed by atoms with Crippen molar-refractivity contribution in [2.75, 3.05) is 11.9 Å². The number of nitrogens with one attached hydrogen (secondary N) is 1. The van der Waals surface area contributed by atoms with Crippen LogP contribution in [0.3, 0.4) is 0 Å². The molecule has 0 bridgehead atoms. The molecule has 1 aromatic heterocycles. The van der Waals surface area contributed by atoms with Gasteiger partial charge in [0.1, 0.15) is 17.3 Å². The third-order valence-electron chi connectivity index (χ3n) is 4.06. The third kappa shape index (κ3) is 4.73. The van der Waals surface area contributed by atoms with Gasteiger partial charge in [-0.3, -0.25) is 10.1 Å². The molecule has 0 unspecified atom stereocenters. The summed E-state index contributed by atoms with van der Waals surface area (Å²) < 4.78 is 23.8. The molecule has 27 heavy (non-hydrogen) atoms. The molecule has 0 aliphatic carbocycles. The van der Waals surface area contributed by atoms with Crippen LogP contribution in [0.25, 0.3) is 11.3 Å². The molecule has 5 nitrogen and oxygen atoms in total. The second-order valence-corrected chi connectivity index (χ2v) is 6.62. The standard InChI is InChI=1S/C21H21FN2O3/c1-13(2)17-9-4-14(3)10-19(17)26-12-20(25)23-21-11-18(24-27-21)15-5-7-16(22)8-6-15/h4-11,13H,12H2,1-3H3,(H,23,25). The van der Waals surface area contributed by atoms with Crippen LogP contribution in [0.1, 0.15) is 30.9 Å². The minimum atomic E-state index is -0.354. The van der Waals surface area contributed by atoms with Crippen LogP contribution in [0, 0.1) is 12.7 Å². The minimum absolute atomic E-state index is 0.143. The Bertz CT molecular complexity index is 933. The summed E-state index contributed by atoms with van der Waals surface area (Å²) in [4.78, 5) is 12.2. The Morgan fingerprint density at radius 2 is 1.93 bits per heavy atom. The van der Waals surface area contributed by atoms with Crippen molar-refractivity contribution < 1.29 is 18.4 Å². The summed E-state index contributed by atoms with van der Waals surface area (Å²) in [7, 11) is 0. The summed E-state index contributed by atoms with van der Waals surface area (Å²) in [5.74, 6) is 0.509. The van der Waals surface area contributed by atoms with E-state index in [1.807, 2.05) is 25.1 Å². The number of ether oxygens (including phenoxy) is 1. The second-order valence-electron chi connectivity index (χ2n) is 6.62. The quantitative estimate of drug-likeness (QED) is 0.670. The number of rotatable bonds is 6. The van der Waals surface area contributed by atoms with Gasteiger partial charge in [0, 0.05) is 11.6 Å². The van der Waals surface area contributed by atoms with E-state index < -0.39 is 0 Å². The zero-order valence-electron chi connectivity index (χ0n) is 15.5. The highest BCUT2D eigenvalue weighted by molar-refractivity contribution is 5.91. The monoisotopic (exact) mass is 368 g/mol. The Morgan fingerprint density at radius 1 is 1.19 bits per heavy atom. The Hall–Kier alpha value is -3.15. The first kappa shape index (κ1) is 18.6. The molecule has 0 aliphatic rings.